The zero-order valence-electron chi connectivity index (χ0n) is 10.3. The van der Waals surface area contributed by atoms with Gasteiger partial charge in [0.05, 0.1) is 18.0 Å². The zero-order chi connectivity index (χ0) is 14.0. The van der Waals surface area contributed by atoms with Crippen molar-refractivity contribution in [2.75, 3.05) is 18.9 Å². The number of carbonyl (C=O) groups is 1. The van der Waals surface area contributed by atoms with Gasteiger partial charge in [-0.1, -0.05) is 0 Å². The molecule has 100 valence electrons. The second kappa shape index (κ2) is 5.20. The van der Waals surface area contributed by atoms with E-state index in [0.29, 0.717) is 13.0 Å². The quantitative estimate of drug-likeness (QED) is 0.752. The van der Waals surface area contributed by atoms with Gasteiger partial charge in [0.15, 0.2) is 5.95 Å². The summed E-state index contributed by atoms with van der Waals surface area (Å²) in [6.07, 6.45) is 0.429. The van der Waals surface area contributed by atoms with E-state index >= 15 is 0 Å². The van der Waals surface area contributed by atoms with Gasteiger partial charge < -0.3 is 5.32 Å². The number of H-pyrrole nitrogens is 1. The normalized spacial score (nSPS) is 23.0. The van der Waals surface area contributed by atoms with Gasteiger partial charge in [0, 0.05) is 6.54 Å². The topological polar surface area (TPSA) is 89.0 Å². The van der Waals surface area contributed by atoms with Crippen LogP contribution in [0.2, 0.25) is 0 Å². The van der Waals surface area contributed by atoms with Crippen molar-refractivity contribution in [2.45, 2.75) is 12.5 Å². The number of carbonyl (C=O) groups excluding carboxylic acids is 1. The number of rotatable bonds is 2. The second-order valence-electron chi connectivity index (χ2n) is 4.56. The third-order valence-corrected chi connectivity index (χ3v) is 3.20. The molecule has 1 aliphatic rings. The summed E-state index contributed by atoms with van der Waals surface area (Å²) in [7, 11) is 1.77. The van der Waals surface area contributed by atoms with E-state index in [9.17, 15) is 14.0 Å². The minimum atomic E-state index is -0.756. The zero-order valence-corrected chi connectivity index (χ0v) is 10.3. The number of pyridine rings is 1. The lowest BCUT2D eigenvalue weighted by molar-refractivity contribution is -0.119. The lowest BCUT2D eigenvalue weighted by Crippen LogP contribution is -2.28. The number of aromatic amines is 1. The highest BCUT2D eigenvalue weighted by Crippen LogP contribution is 2.22. The number of likely N-dealkylation sites (tertiary alicyclic amines) is 1. The summed E-state index contributed by atoms with van der Waals surface area (Å²) in [5, 5.41) is 11.3. The van der Waals surface area contributed by atoms with Crippen molar-refractivity contribution in [2.24, 2.45) is 5.92 Å². The van der Waals surface area contributed by atoms with Gasteiger partial charge in [0.2, 0.25) is 5.91 Å². The van der Waals surface area contributed by atoms with Crippen LogP contribution in [0.4, 0.5) is 10.1 Å². The molecular formula is C12H13FN4O2. The molecule has 1 fully saturated rings. The Hall–Kier alpha value is -2.20. The minimum absolute atomic E-state index is 0.00876. The fraction of sp³-hybridized carbons (Fsp3) is 0.417. The second-order valence-corrected chi connectivity index (χ2v) is 4.56. The molecular weight excluding hydrogens is 251 g/mol. The number of anilines is 1. The Morgan fingerprint density at radius 2 is 2.37 bits per heavy atom. The van der Waals surface area contributed by atoms with Crippen LogP contribution in [0.5, 0.6) is 0 Å². The van der Waals surface area contributed by atoms with Crippen LogP contribution in [-0.2, 0) is 4.79 Å². The van der Waals surface area contributed by atoms with Crippen molar-refractivity contribution < 1.29 is 9.18 Å². The van der Waals surface area contributed by atoms with Crippen molar-refractivity contribution in [3.05, 3.63) is 28.4 Å². The Labute approximate surface area is 108 Å². The first-order chi connectivity index (χ1) is 9.01. The van der Waals surface area contributed by atoms with E-state index in [0.717, 1.165) is 6.07 Å². The first-order valence-corrected chi connectivity index (χ1v) is 5.81. The maximum atomic E-state index is 12.7. The number of nitriles is 1. The summed E-state index contributed by atoms with van der Waals surface area (Å²) in [5.74, 6) is -1.44. The number of hydrogen-bond acceptors (Lipinski definition) is 4. The van der Waals surface area contributed by atoms with Crippen LogP contribution in [-0.4, -0.2) is 35.4 Å². The van der Waals surface area contributed by atoms with Gasteiger partial charge in [-0.2, -0.15) is 9.65 Å². The van der Waals surface area contributed by atoms with Gasteiger partial charge in [-0.3, -0.25) is 19.5 Å². The minimum Gasteiger partial charge on any atom is -0.321 e. The molecule has 1 amide bonds. The number of aromatic nitrogens is 1. The maximum absolute atomic E-state index is 12.7. The van der Waals surface area contributed by atoms with Gasteiger partial charge >= 0.3 is 0 Å². The summed E-state index contributed by atoms with van der Waals surface area (Å²) in [6.45, 7) is 0.461. The summed E-state index contributed by atoms with van der Waals surface area (Å²) in [6, 6.07) is 4.10. The van der Waals surface area contributed by atoms with Crippen molar-refractivity contribution in [3.8, 4) is 6.07 Å². The van der Waals surface area contributed by atoms with Crippen LogP contribution in [0.3, 0.4) is 0 Å². The molecule has 0 spiro atoms. The van der Waals surface area contributed by atoms with E-state index in [1.54, 1.807) is 11.9 Å². The van der Waals surface area contributed by atoms with Gasteiger partial charge in [-0.25, -0.2) is 0 Å². The Morgan fingerprint density at radius 3 is 2.95 bits per heavy atom. The van der Waals surface area contributed by atoms with E-state index in [1.165, 1.54) is 6.07 Å². The molecule has 0 saturated carbocycles. The molecule has 0 aromatic carbocycles. The highest BCUT2D eigenvalue weighted by molar-refractivity contribution is 5.92. The van der Waals surface area contributed by atoms with Crippen molar-refractivity contribution >= 4 is 11.6 Å². The third-order valence-electron chi connectivity index (χ3n) is 3.20. The van der Waals surface area contributed by atoms with E-state index in [4.69, 9.17) is 5.26 Å². The fourth-order valence-corrected chi connectivity index (χ4v) is 2.12. The molecule has 1 saturated heterocycles. The number of halogens is 1. The molecule has 1 aromatic rings. The molecule has 2 N–H and O–H groups in total. The highest BCUT2D eigenvalue weighted by atomic mass is 19.1. The van der Waals surface area contributed by atoms with E-state index in [2.05, 4.69) is 11.4 Å². The third kappa shape index (κ3) is 2.80. The number of amides is 1. The van der Waals surface area contributed by atoms with E-state index in [1.807, 2.05) is 4.98 Å². The monoisotopic (exact) mass is 264 g/mol. The number of hydrogen-bond donors (Lipinski definition) is 2. The van der Waals surface area contributed by atoms with Gasteiger partial charge in [0.1, 0.15) is 5.69 Å². The Kier molecular flexibility index (Phi) is 3.62. The largest absolute Gasteiger partial charge is 0.321 e. The molecule has 0 radical (unpaired) electrons. The Bertz CT molecular complexity index is 592. The number of nitrogens with zero attached hydrogens (tertiary/aromatic N) is 2. The van der Waals surface area contributed by atoms with Gasteiger partial charge in [-0.05, 0) is 25.6 Å². The molecule has 2 unspecified atom stereocenters. The molecule has 2 heterocycles. The number of nitrogens with one attached hydrogen (secondary N) is 2. The van der Waals surface area contributed by atoms with Crippen LogP contribution in [0, 0.1) is 23.2 Å². The SMILES string of the molecule is CN1CC(C(=O)Nc2ccc(F)[nH]c2=O)CC1C#N. The summed E-state index contributed by atoms with van der Waals surface area (Å²) in [5.41, 5.74) is -0.675. The lowest BCUT2D eigenvalue weighted by atomic mass is 10.1. The van der Waals surface area contributed by atoms with Gasteiger partial charge in [0.25, 0.3) is 5.56 Å². The maximum Gasteiger partial charge on any atom is 0.273 e. The van der Waals surface area contributed by atoms with E-state index < -0.39 is 11.5 Å². The smallest absolute Gasteiger partial charge is 0.273 e. The summed E-state index contributed by atoms with van der Waals surface area (Å²) in [4.78, 5) is 27.1. The first-order valence-electron chi connectivity index (χ1n) is 5.81. The van der Waals surface area contributed by atoms with Crippen LogP contribution >= 0.6 is 0 Å². The Morgan fingerprint density at radius 1 is 1.63 bits per heavy atom. The molecule has 1 aliphatic heterocycles. The van der Waals surface area contributed by atoms with Crippen molar-refractivity contribution in [1.29, 1.82) is 5.26 Å². The molecule has 1 aromatic heterocycles. The molecule has 6 nitrogen and oxygen atoms in total. The van der Waals surface area contributed by atoms with Crippen molar-refractivity contribution in [1.82, 2.24) is 9.88 Å². The fourth-order valence-electron chi connectivity index (χ4n) is 2.12. The average Bonchev–Trinajstić information content (AvgIpc) is 2.74. The van der Waals surface area contributed by atoms with Gasteiger partial charge in [-0.15, -0.1) is 0 Å². The summed E-state index contributed by atoms with van der Waals surface area (Å²) >= 11 is 0. The molecule has 2 rings (SSSR count). The predicted octanol–water partition coefficient (Wildman–Crippen LogP) is 0.296. The molecule has 7 heteroatoms. The van der Waals surface area contributed by atoms with Crippen LogP contribution in [0.1, 0.15) is 6.42 Å². The van der Waals surface area contributed by atoms with Crippen LogP contribution in [0.25, 0.3) is 0 Å². The highest BCUT2D eigenvalue weighted by Gasteiger charge is 2.34. The standard InChI is InChI=1S/C12H13FN4O2/c1-17-6-7(4-8(17)5-14)11(18)15-9-2-3-10(13)16-12(9)19/h2-3,7-8H,4,6H2,1H3,(H,15,18)(H,16,19). The Balaban J connectivity index is 2.06. The molecule has 19 heavy (non-hydrogen) atoms. The van der Waals surface area contributed by atoms with E-state index in [-0.39, 0.29) is 23.6 Å². The summed E-state index contributed by atoms with van der Waals surface area (Å²) < 4.78 is 12.7. The van der Waals surface area contributed by atoms with Crippen molar-refractivity contribution in [3.63, 3.8) is 0 Å². The molecule has 0 aliphatic carbocycles. The first kappa shape index (κ1) is 13.2. The molecule has 0 bridgehead atoms. The van der Waals surface area contributed by atoms with Crippen LogP contribution < -0.4 is 10.9 Å². The van der Waals surface area contributed by atoms with Crippen LogP contribution in [0.15, 0.2) is 16.9 Å². The lowest BCUT2D eigenvalue weighted by Gasteiger charge is -2.11. The average molecular weight is 264 g/mol. The predicted molar refractivity (Wildman–Crippen MR) is 65.8 cm³/mol. The molecule has 2 atom stereocenters.